The molecule has 0 amide bonds. The maximum Gasteiger partial charge on any atom is 0.270 e. The molecule has 4 aromatic rings. The number of hydrogen-bond donors (Lipinski definition) is 3. The van der Waals surface area contributed by atoms with Gasteiger partial charge in [0.25, 0.3) is 10.0 Å². The molecule has 12 nitrogen and oxygen atoms in total. The molecule has 0 radical (unpaired) electrons. The van der Waals surface area contributed by atoms with Gasteiger partial charge in [-0.3, -0.25) is 9.82 Å². The van der Waals surface area contributed by atoms with Gasteiger partial charge < -0.3 is 28.8 Å². The van der Waals surface area contributed by atoms with E-state index in [1.165, 1.54) is 21.3 Å². The van der Waals surface area contributed by atoms with Crippen molar-refractivity contribution in [3.63, 3.8) is 0 Å². The van der Waals surface area contributed by atoms with Crippen LogP contribution in [0.25, 0.3) is 11.0 Å². The zero-order valence-corrected chi connectivity index (χ0v) is 22.4. The summed E-state index contributed by atoms with van der Waals surface area (Å²) in [4.78, 5) is -0.180. The van der Waals surface area contributed by atoms with Crippen LogP contribution < -0.4 is 24.2 Å². The Hall–Kier alpha value is -3.97. The Morgan fingerprint density at radius 1 is 1.00 bits per heavy atom. The summed E-state index contributed by atoms with van der Waals surface area (Å²) in [5.74, 6) is 1.79. The number of hydrogen-bond acceptors (Lipinski definition) is 10. The van der Waals surface area contributed by atoms with E-state index in [1.807, 2.05) is 13.0 Å². The van der Waals surface area contributed by atoms with Gasteiger partial charge in [-0.05, 0) is 43.5 Å². The Kier molecular flexibility index (Phi) is 6.80. The fourth-order valence-corrected chi connectivity index (χ4v) is 5.48. The van der Waals surface area contributed by atoms with Gasteiger partial charge in [0.15, 0.2) is 22.1 Å². The van der Waals surface area contributed by atoms with Crippen LogP contribution in [-0.4, -0.2) is 52.2 Å². The summed E-state index contributed by atoms with van der Waals surface area (Å²) >= 11 is 0. The zero-order chi connectivity index (χ0) is 27.0. The van der Waals surface area contributed by atoms with Crippen molar-refractivity contribution in [1.29, 1.82) is 0 Å². The van der Waals surface area contributed by atoms with Crippen molar-refractivity contribution in [3.8, 4) is 17.2 Å². The highest BCUT2D eigenvalue weighted by molar-refractivity contribution is 7.93. The maximum atomic E-state index is 13.5. The first kappa shape index (κ1) is 25.7. The summed E-state index contributed by atoms with van der Waals surface area (Å²) in [5.41, 5.74) is 2.70. The predicted molar refractivity (Wildman–Crippen MR) is 140 cm³/mol. The highest BCUT2D eigenvalue weighted by Crippen LogP contribution is 2.42. The molecule has 1 aliphatic carbocycles. The molecule has 1 aliphatic rings. The molecule has 0 unspecified atom stereocenters. The molecule has 2 aromatic carbocycles. The Morgan fingerprint density at radius 2 is 1.68 bits per heavy atom. The van der Waals surface area contributed by atoms with Crippen LogP contribution in [0.4, 0.5) is 17.3 Å². The van der Waals surface area contributed by atoms with Crippen LogP contribution in [0.1, 0.15) is 43.0 Å². The van der Waals surface area contributed by atoms with E-state index in [0.717, 1.165) is 18.5 Å². The summed E-state index contributed by atoms with van der Waals surface area (Å²) in [6, 6.07) is 8.46. The minimum Gasteiger partial charge on any atom is -0.495 e. The highest BCUT2D eigenvalue weighted by Gasteiger charge is 2.29. The second-order valence-corrected chi connectivity index (χ2v) is 10.5. The predicted octanol–water partition coefficient (Wildman–Crippen LogP) is 4.71. The number of aromatic amines is 1. The van der Waals surface area contributed by atoms with Crippen molar-refractivity contribution in [2.24, 2.45) is 0 Å². The number of fused-ring (bicyclic) bond motifs is 1. The first-order valence-corrected chi connectivity index (χ1v) is 13.4. The van der Waals surface area contributed by atoms with Gasteiger partial charge in [-0.15, -0.1) is 0 Å². The maximum absolute atomic E-state index is 13.5. The third kappa shape index (κ3) is 4.82. The first-order chi connectivity index (χ1) is 18.3. The molecule has 1 saturated carbocycles. The topological polar surface area (TPSA) is 150 Å². The van der Waals surface area contributed by atoms with Gasteiger partial charge in [-0.2, -0.15) is 5.10 Å². The van der Waals surface area contributed by atoms with E-state index in [4.69, 9.17) is 23.5 Å². The van der Waals surface area contributed by atoms with Crippen LogP contribution in [0.3, 0.4) is 0 Å². The van der Waals surface area contributed by atoms with Gasteiger partial charge in [0.2, 0.25) is 0 Å². The van der Waals surface area contributed by atoms with E-state index >= 15 is 0 Å². The summed E-state index contributed by atoms with van der Waals surface area (Å²) in [5, 5.41) is 14.9. The third-order valence-electron chi connectivity index (χ3n) is 6.48. The summed E-state index contributed by atoms with van der Waals surface area (Å²) in [6.45, 7) is 1.83. The number of ether oxygens (including phenoxy) is 4. The second kappa shape index (κ2) is 10.1. The number of methoxy groups -OCH3 is 4. The molecule has 2 heterocycles. The summed E-state index contributed by atoms with van der Waals surface area (Å²) < 4.78 is 56.8. The molecular weight excluding hydrogens is 514 g/mol. The molecule has 5 rings (SSSR count). The Balaban J connectivity index is 1.48. The standard InChI is InChI=1S/C25H29N5O7S/c1-13(33-2)15-8-21(35-4)24(22(9-15)36-5)38(31,32)30-25-16-10-20(34-3)18(11-19(16)37-29-25)26-23-12-17(27-28-23)14-6-7-14/h8-14H,6-7H2,1-5H3,(H,29,30)(H2,26,27,28)/t13-/m0/s1. The van der Waals surface area contributed by atoms with Gasteiger partial charge in [-0.25, -0.2) is 8.42 Å². The van der Waals surface area contributed by atoms with Crippen LogP contribution in [0.2, 0.25) is 0 Å². The van der Waals surface area contributed by atoms with E-state index in [9.17, 15) is 8.42 Å². The lowest BCUT2D eigenvalue weighted by atomic mass is 10.1. The lowest BCUT2D eigenvalue weighted by Crippen LogP contribution is -2.16. The lowest BCUT2D eigenvalue weighted by molar-refractivity contribution is 0.119. The molecule has 0 saturated heterocycles. The molecule has 1 fully saturated rings. The van der Waals surface area contributed by atoms with Crippen LogP contribution in [0, 0.1) is 0 Å². The zero-order valence-electron chi connectivity index (χ0n) is 21.6. The van der Waals surface area contributed by atoms with Crippen molar-refractivity contribution in [3.05, 3.63) is 41.6 Å². The Morgan fingerprint density at radius 3 is 2.29 bits per heavy atom. The molecule has 38 heavy (non-hydrogen) atoms. The Bertz CT molecular complexity index is 1550. The molecule has 2 aromatic heterocycles. The van der Waals surface area contributed by atoms with Crippen LogP contribution in [0.15, 0.2) is 39.8 Å². The number of sulfonamides is 1. The highest BCUT2D eigenvalue weighted by atomic mass is 32.2. The minimum atomic E-state index is -4.22. The Labute approximate surface area is 219 Å². The van der Waals surface area contributed by atoms with E-state index in [0.29, 0.717) is 39.7 Å². The van der Waals surface area contributed by atoms with Crippen LogP contribution in [0.5, 0.6) is 17.2 Å². The van der Waals surface area contributed by atoms with Crippen molar-refractivity contribution in [1.82, 2.24) is 15.4 Å². The molecule has 0 aliphatic heterocycles. The van der Waals surface area contributed by atoms with E-state index < -0.39 is 10.0 Å². The minimum absolute atomic E-state index is 0.0147. The number of H-pyrrole nitrogens is 1. The number of benzene rings is 2. The number of rotatable bonds is 11. The van der Waals surface area contributed by atoms with Gasteiger partial charge in [0.05, 0.1) is 38.5 Å². The van der Waals surface area contributed by atoms with Crippen LogP contribution in [-0.2, 0) is 14.8 Å². The second-order valence-electron chi connectivity index (χ2n) is 8.93. The SMILES string of the molecule is COc1cc2c(NS(=O)(=O)c3c(OC)cc([C@H](C)OC)cc3OC)noc2cc1Nc1cc(C2CC2)[nH]n1. The average molecular weight is 544 g/mol. The van der Waals surface area contributed by atoms with Crippen molar-refractivity contribution in [2.45, 2.75) is 36.7 Å². The van der Waals surface area contributed by atoms with E-state index in [1.54, 1.807) is 31.4 Å². The van der Waals surface area contributed by atoms with Crippen LogP contribution >= 0.6 is 0 Å². The van der Waals surface area contributed by atoms with E-state index in [-0.39, 0.29) is 28.3 Å². The first-order valence-electron chi connectivity index (χ1n) is 11.9. The quantitative estimate of drug-likeness (QED) is 0.243. The lowest BCUT2D eigenvalue weighted by Gasteiger charge is -2.18. The molecule has 3 N–H and O–H groups in total. The third-order valence-corrected chi connectivity index (χ3v) is 7.88. The van der Waals surface area contributed by atoms with E-state index in [2.05, 4.69) is 25.4 Å². The monoisotopic (exact) mass is 543 g/mol. The largest absolute Gasteiger partial charge is 0.495 e. The van der Waals surface area contributed by atoms with Crippen molar-refractivity contribution < 1.29 is 31.9 Å². The van der Waals surface area contributed by atoms with Gasteiger partial charge in [-0.1, -0.05) is 5.16 Å². The van der Waals surface area contributed by atoms with Gasteiger partial charge in [0, 0.05) is 30.9 Å². The molecule has 0 spiro atoms. The van der Waals surface area contributed by atoms with Crippen molar-refractivity contribution in [2.75, 3.05) is 38.5 Å². The number of nitrogens with one attached hydrogen (secondary N) is 3. The molecular formula is C25H29N5O7S. The molecule has 0 bridgehead atoms. The van der Waals surface area contributed by atoms with Gasteiger partial charge >= 0.3 is 0 Å². The normalized spacial score (nSPS) is 14.3. The summed E-state index contributed by atoms with van der Waals surface area (Å²) in [6.07, 6.45) is 2.00. The number of aromatic nitrogens is 3. The fourth-order valence-electron chi connectivity index (χ4n) is 4.16. The fraction of sp³-hybridized carbons (Fsp3) is 0.360. The van der Waals surface area contributed by atoms with Gasteiger partial charge in [0.1, 0.15) is 17.2 Å². The number of nitrogens with zero attached hydrogens (tertiary/aromatic N) is 2. The smallest absolute Gasteiger partial charge is 0.270 e. The van der Waals surface area contributed by atoms with Crippen molar-refractivity contribution >= 4 is 38.3 Å². The molecule has 202 valence electrons. The summed E-state index contributed by atoms with van der Waals surface area (Å²) in [7, 11) is 1.62. The average Bonchev–Trinajstić information content (AvgIpc) is 3.56. The molecule has 1 atom stereocenters. The molecule has 13 heteroatoms. The number of anilines is 3.